The van der Waals surface area contributed by atoms with Gasteiger partial charge in [-0.15, -0.1) is 0 Å². The average molecular weight is 295 g/mol. The van der Waals surface area contributed by atoms with E-state index < -0.39 is 6.61 Å². The van der Waals surface area contributed by atoms with Gasteiger partial charge in [-0.3, -0.25) is 0 Å². The Morgan fingerprint density at radius 1 is 1.10 bits per heavy atom. The summed E-state index contributed by atoms with van der Waals surface area (Å²) in [6, 6.07) is 11.4. The molecular weight excluding hydrogens is 280 g/mol. The number of methoxy groups -OCH3 is 1. The Morgan fingerprint density at radius 2 is 1.81 bits per heavy atom. The first-order chi connectivity index (χ1) is 10.1. The van der Waals surface area contributed by atoms with Crippen molar-refractivity contribution >= 4 is 5.69 Å². The number of hydrogen-bond donors (Lipinski definition) is 2. The third kappa shape index (κ3) is 4.24. The molecule has 0 unspecified atom stereocenters. The van der Waals surface area contributed by atoms with Crippen LogP contribution in [0.3, 0.4) is 0 Å². The minimum atomic E-state index is -2.91. The Bertz CT molecular complexity index is 588. The first-order valence-electron chi connectivity index (χ1n) is 6.23. The third-order valence-corrected chi connectivity index (χ3v) is 2.81. The van der Waals surface area contributed by atoms with E-state index in [-0.39, 0.29) is 17.2 Å². The van der Waals surface area contributed by atoms with E-state index in [1.54, 1.807) is 36.4 Å². The van der Waals surface area contributed by atoms with E-state index in [9.17, 15) is 13.9 Å². The first kappa shape index (κ1) is 14.9. The highest BCUT2D eigenvalue weighted by Gasteiger charge is 2.11. The van der Waals surface area contributed by atoms with E-state index in [2.05, 4.69) is 10.1 Å². The van der Waals surface area contributed by atoms with E-state index in [4.69, 9.17) is 4.74 Å². The summed E-state index contributed by atoms with van der Waals surface area (Å²) in [5.41, 5.74) is 1.57. The Morgan fingerprint density at radius 3 is 2.43 bits per heavy atom. The van der Waals surface area contributed by atoms with Crippen molar-refractivity contribution in [2.75, 3.05) is 12.4 Å². The maximum absolute atomic E-state index is 12.3. The Labute approximate surface area is 120 Å². The highest BCUT2D eigenvalue weighted by Crippen LogP contribution is 2.31. The van der Waals surface area contributed by atoms with Gasteiger partial charge < -0.3 is 19.9 Å². The van der Waals surface area contributed by atoms with E-state index >= 15 is 0 Å². The summed E-state index contributed by atoms with van der Waals surface area (Å²) >= 11 is 0. The van der Waals surface area contributed by atoms with Crippen LogP contribution in [0.5, 0.6) is 17.2 Å². The molecule has 2 aromatic rings. The highest BCUT2D eigenvalue weighted by atomic mass is 19.3. The van der Waals surface area contributed by atoms with Crippen molar-refractivity contribution in [3.63, 3.8) is 0 Å². The van der Waals surface area contributed by atoms with Crippen molar-refractivity contribution in [1.82, 2.24) is 0 Å². The number of rotatable bonds is 6. The van der Waals surface area contributed by atoms with E-state index in [1.807, 2.05) is 0 Å². The predicted molar refractivity (Wildman–Crippen MR) is 75.1 cm³/mol. The molecule has 0 bridgehead atoms. The van der Waals surface area contributed by atoms with Crippen molar-refractivity contribution in [3.05, 3.63) is 48.0 Å². The van der Waals surface area contributed by atoms with Crippen LogP contribution in [0.4, 0.5) is 14.5 Å². The molecule has 0 saturated carbocycles. The number of nitrogens with one attached hydrogen (secondary N) is 1. The molecule has 0 radical (unpaired) electrons. The fourth-order valence-corrected chi connectivity index (χ4v) is 1.79. The summed E-state index contributed by atoms with van der Waals surface area (Å²) in [5.74, 6) is 0.407. The molecule has 0 aliphatic rings. The molecular formula is C15H15F2NO3. The third-order valence-electron chi connectivity index (χ3n) is 2.81. The molecule has 2 rings (SSSR count). The molecule has 0 spiro atoms. The van der Waals surface area contributed by atoms with Gasteiger partial charge in [-0.2, -0.15) is 8.78 Å². The number of alkyl halides is 2. The molecule has 0 fully saturated rings. The summed E-state index contributed by atoms with van der Waals surface area (Å²) in [6.07, 6.45) is 0. The Balaban J connectivity index is 2.07. The van der Waals surface area contributed by atoms with E-state index in [0.717, 1.165) is 5.56 Å². The number of aromatic hydroxyl groups is 1. The van der Waals surface area contributed by atoms with Gasteiger partial charge >= 0.3 is 6.61 Å². The van der Waals surface area contributed by atoms with Crippen LogP contribution in [-0.4, -0.2) is 18.8 Å². The van der Waals surface area contributed by atoms with Crippen LogP contribution in [0, 0.1) is 0 Å². The molecule has 112 valence electrons. The van der Waals surface area contributed by atoms with E-state index in [1.165, 1.54) is 13.2 Å². The fourth-order valence-electron chi connectivity index (χ4n) is 1.79. The maximum Gasteiger partial charge on any atom is 0.387 e. The molecule has 0 aromatic heterocycles. The maximum atomic E-state index is 12.3. The SMILES string of the molecule is COc1ccc(NCc2ccc(O)cc2)cc1OC(F)F. The van der Waals surface area contributed by atoms with Crippen LogP contribution < -0.4 is 14.8 Å². The van der Waals surface area contributed by atoms with Gasteiger partial charge in [-0.1, -0.05) is 12.1 Å². The number of ether oxygens (including phenoxy) is 2. The summed E-state index contributed by atoms with van der Waals surface area (Å²) in [6.45, 7) is -2.42. The summed E-state index contributed by atoms with van der Waals surface area (Å²) in [7, 11) is 1.39. The number of anilines is 1. The Hall–Kier alpha value is -2.50. The standard InChI is InChI=1S/C15H15F2NO3/c1-20-13-7-4-11(8-14(13)21-15(16)17)18-9-10-2-5-12(19)6-3-10/h2-8,15,18-19H,9H2,1H3. The molecule has 4 nitrogen and oxygen atoms in total. The van der Waals surface area contributed by atoms with Crippen molar-refractivity contribution in [3.8, 4) is 17.2 Å². The minimum absolute atomic E-state index is 0.0248. The van der Waals surface area contributed by atoms with Gasteiger partial charge in [0.1, 0.15) is 5.75 Å². The van der Waals surface area contributed by atoms with Crippen LogP contribution in [0.2, 0.25) is 0 Å². The van der Waals surface area contributed by atoms with E-state index in [0.29, 0.717) is 12.2 Å². The van der Waals surface area contributed by atoms with Crippen LogP contribution >= 0.6 is 0 Å². The lowest BCUT2D eigenvalue weighted by Crippen LogP contribution is -2.05. The topological polar surface area (TPSA) is 50.7 Å². The highest BCUT2D eigenvalue weighted by molar-refractivity contribution is 5.55. The predicted octanol–water partition coefficient (Wildman–Crippen LogP) is 3.61. The first-order valence-corrected chi connectivity index (χ1v) is 6.23. The van der Waals surface area contributed by atoms with Crippen molar-refractivity contribution in [1.29, 1.82) is 0 Å². The van der Waals surface area contributed by atoms with Gasteiger partial charge in [0.15, 0.2) is 11.5 Å². The zero-order valence-electron chi connectivity index (χ0n) is 11.3. The largest absolute Gasteiger partial charge is 0.508 e. The average Bonchev–Trinajstić information content (AvgIpc) is 2.46. The molecule has 0 aliphatic heterocycles. The summed E-state index contributed by atoms with van der Waals surface area (Å²) in [4.78, 5) is 0. The molecule has 2 aromatic carbocycles. The number of benzene rings is 2. The van der Waals surface area contributed by atoms with Gasteiger partial charge in [0.2, 0.25) is 0 Å². The van der Waals surface area contributed by atoms with Gasteiger partial charge in [0.25, 0.3) is 0 Å². The van der Waals surface area contributed by atoms with Crippen LogP contribution in [-0.2, 0) is 6.54 Å². The number of hydrogen-bond acceptors (Lipinski definition) is 4. The second-order valence-corrected chi connectivity index (χ2v) is 4.26. The van der Waals surface area contributed by atoms with Gasteiger partial charge in [0.05, 0.1) is 7.11 Å². The molecule has 2 N–H and O–H groups in total. The molecule has 6 heteroatoms. The molecule has 0 heterocycles. The zero-order valence-corrected chi connectivity index (χ0v) is 11.3. The molecule has 0 atom stereocenters. The quantitative estimate of drug-likeness (QED) is 0.854. The fraction of sp³-hybridized carbons (Fsp3) is 0.200. The van der Waals surface area contributed by atoms with Crippen molar-refractivity contribution in [2.45, 2.75) is 13.2 Å². The lowest BCUT2D eigenvalue weighted by Gasteiger charge is -2.12. The molecule has 0 aliphatic carbocycles. The zero-order chi connectivity index (χ0) is 15.2. The van der Waals surface area contributed by atoms with Crippen LogP contribution in [0.25, 0.3) is 0 Å². The minimum Gasteiger partial charge on any atom is -0.508 e. The second kappa shape index (κ2) is 6.78. The number of phenols is 1. The number of halogens is 2. The summed E-state index contributed by atoms with van der Waals surface area (Å²) in [5, 5.41) is 12.3. The lowest BCUT2D eigenvalue weighted by molar-refractivity contribution is -0.0511. The van der Waals surface area contributed by atoms with Gasteiger partial charge in [-0.25, -0.2) is 0 Å². The Kier molecular flexibility index (Phi) is 4.81. The van der Waals surface area contributed by atoms with Crippen LogP contribution in [0.1, 0.15) is 5.56 Å². The second-order valence-electron chi connectivity index (χ2n) is 4.26. The molecule has 21 heavy (non-hydrogen) atoms. The molecule has 0 amide bonds. The van der Waals surface area contributed by atoms with Crippen LogP contribution in [0.15, 0.2) is 42.5 Å². The van der Waals surface area contributed by atoms with Crippen molar-refractivity contribution < 1.29 is 23.4 Å². The summed E-state index contributed by atoms with van der Waals surface area (Å²) < 4.78 is 34.0. The van der Waals surface area contributed by atoms with Gasteiger partial charge in [-0.05, 0) is 29.8 Å². The lowest BCUT2D eigenvalue weighted by atomic mass is 10.2. The monoisotopic (exact) mass is 295 g/mol. The van der Waals surface area contributed by atoms with Gasteiger partial charge in [0, 0.05) is 18.3 Å². The number of phenolic OH excluding ortho intramolecular Hbond substituents is 1. The normalized spacial score (nSPS) is 10.5. The van der Waals surface area contributed by atoms with Crippen molar-refractivity contribution in [2.24, 2.45) is 0 Å². The molecule has 0 saturated heterocycles. The smallest absolute Gasteiger partial charge is 0.387 e.